The average molecular weight is 385 g/mol. The van der Waals surface area contributed by atoms with Crippen molar-refractivity contribution in [1.29, 1.82) is 0 Å². The van der Waals surface area contributed by atoms with E-state index < -0.39 is 11.4 Å². The van der Waals surface area contributed by atoms with Crippen LogP contribution in [-0.4, -0.2) is 29.9 Å². The van der Waals surface area contributed by atoms with Crippen molar-refractivity contribution >= 4 is 21.7 Å². The molecule has 23 heavy (non-hydrogen) atoms. The number of ketones is 1. The monoisotopic (exact) mass is 384 g/mol. The number of allylic oxidation sites excluding steroid dienone is 1. The fraction of sp³-hybridized carbons (Fsp3) is 0.471. The van der Waals surface area contributed by atoms with E-state index in [9.17, 15) is 9.18 Å². The second-order valence-electron chi connectivity index (χ2n) is 6.30. The van der Waals surface area contributed by atoms with Crippen LogP contribution in [0.15, 0.2) is 34.8 Å². The maximum atomic E-state index is 12.9. The smallest absolute Gasteiger partial charge is 0.172 e. The highest BCUT2D eigenvalue weighted by atomic mass is 79.9. The molecule has 1 heterocycles. The Kier molecular flexibility index (Phi) is 4.44. The predicted molar refractivity (Wildman–Crippen MR) is 85.5 cm³/mol. The molecule has 0 N–H and O–H groups in total. The summed E-state index contributed by atoms with van der Waals surface area (Å²) in [6, 6.07) is 6.15. The summed E-state index contributed by atoms with van der Waals surface area (Å²) in [5.74, 6) is -1.06. The number of benzene rings is 1. The van der Waals surface area contributed by atoms with Gasteiger partial charge in [0.2, 0.25) is 0 Å². The Morgan fingerprint density at radius 1 is 1.35 bits per heavy atom. The van der Waals surface area contributed by atoms with Gasteiger partial charge in [-0.2, -0.15) is 0 Å². The van der Waals surface area contributed by atoms with Crippen LogP contribution in [0.4, 0.5) is 4.39 Å². The molecule has 1 aromatic rings. The molecule has 1 aromatic carbocycles. The highest BCUT2D eigenvalue weighted by Crippen LogP contribution is 2.45. The lowest BCUT2D eigenvalue weighted by atomic mass is 9.96. The molecule has 1 aliphatic heterocycles. The van der Waals surface area contributed by atoms with Gasteiger partial charge in [0, 0.05) is 6.42 Å². The number of Topliss-reactive ketones (excluding diaryl/α,β-unsaturated/α-hetero) is 1. The number of hydrogen-bond acceptors (Lipinski definition) is 4. The summed E-state index contributed by atoms with van der Waals surface area (Å²) in [4.78, 5) is 11.9. The molecule has 0 unspecified atom stereocenters. The number of carbonyl (C=O) groups is 1. The maximum Gasteiger partial charge on any atom is 0.172 e. The summed E-state index contributed by atoms with van der Waals surface area (Å²) < 4.78 is 31.0. The Hall–Kier alpha value is -1.08. The maximum absolute atomic E-state index is 12.9. The number of carbonyl (C=O) groups excluding carboxylic acids is 1. The zero-order chi connectivity index (χ0) is 16.7. The van der Waals surface area contributed by atoms with E-state index in [-0.39, 0.29) is 30.7 Å². The van der Waals surface area contributed by atoms with Crippen molar-refractivity contribution in [3.05, 3.63) is 46.2 Å². The van der Waals surface area contributed by atoms with Crippen molar-refractivity contribution in [2.75, 3.05) is 6.61 Å². The molecule has 3 rings (SSSR count). The highest BCUT2D eigenvalue weighted by molar-refractivity contribution is 9.12. The van der Waals surface area contributed by atoms with Crippen LogP contribution in [0, 0.1) is 5.82 Å². The van der Waals surface area contributed by atoms with Gasteiger partial charge in [-0.15, -0.1) is 0 Å². The van der Waals surface area contributed by atoms with Gasteiger partial charge in [-0.05, 0) is 53.5 Å². The van der Waals surface area contributed by atoms with Crippen LogP contribution < -0.4 is 0 Å². The van der Waals surface area contributed by atoms with Crippen LogP contribution >= 0.6 is 15.9 Å². The summed E-state index contributed by atoms with van der Waals surface area (Å²) in [5.41, 5.74) is 0.0835. The van der Waals surface area contributed by atoms with Crippen molar-refractivity contribution in [2.24, 2.45) is 0 Å². The third-order valence-electron chi connectivity index (χ3n) is 3.93. The third kappa shape index (κ3) is 3.55. The number of halogens is 2. The van der Waals surface area contributed by atoms with Crippen molar-refractivity contribution in [2.45, 2.75) is 44.4 Å². The molecule has 1 saturated heterocycles. The van der Waals surface area contributed by atoms with Crippen LogP contribution in [0.3, 0.4) is 0 Å². The van der Waals surface area contributed by atoms with Gasteiger partial charge in [-0.1, -0.05) is 12.1 Å². The van der Waals surface area contributed by atoms with Crippen LogP contribution in [0.1, 0.15) is 25.8 Å². The Balaban J connectivity index is 1.66. The van der Waals surface area contributed by atoms with Crippen LogP contribution in [0.5, 0.6) is 0 Å². The normalized spacial score (nSPS) is 29.3. The molecule has 4 nitrogen and oxygen atoms in total. The van der Waals surface area contributed by atoms with Gasteiger partial charge in [0.1, 0.15) is 17.5 Å². The molecule has 124 valence electrons. The summed E-state index contributed by atoms with van der Waals surface area (Å²) in [5, 5.41) is 0. The summed E-state index contributed by atoms with van der Waals surface area (Å²) in [6.45, 7) is 4.26. The quantitative estimate of drug-likeness (QED) is 0.796. The number of hydrogen-bond donors (Lipinski definition) is 0. The van der Waals surface area contributed by atoms with Gasteiger partial charge >= 0.3 is 0 Å². The molecule has 0 bridgehead atoms. The Morgan fingerprint density at radius 3 is 2.65 bits per heavy atom. The topological polar surface area (TPSA) is 44.8 Å². The Morgan fingerprint density at radius 2 is 2.04 bits per heavy atom. The van der Waals surface area contributed by atoms with E-state index in [1.165, 1.54) is 12.1 Å². The Labute approximate surface area is 142 Å². The first-order chi connectivity index (χ1) is 10.8. The van der Waals surface area contributed by atoms with Gasteiger partial charge in [0.05, 0.1) is 17.7 Å². The molecular formula is C17H18BrFO4. The molecule has 6 heteroatoms. The SMILES string of the molecule is CC1(C)O[C@H](COCc2ccc(F)cc2)[C@@]2(C=C(Br)C(=O)C2)O1. The first-order valence-electron chi connectivity index (χ1n) is 7.41. The molecule has 1 aliphatic carbocycles. The van der Waals surface area contributed by atoms with E-state index in [0.717, 1.165) is 5.56 Å². The zero-order valence-electron chi connectivity index (χ0n) is 13.0. The molecule has 0 radical (unpaired) electrons. The molecule has 0 aromatic heterocycles. The van der Waals surface area contributed by atoms with E-state index >= 15 is 0 Å². The standard InChI is InChI=1S/C17H18BrFO4/c1-16(2)22-15(17(23-16)7-13(18)14(20)8-17)10-21-9-11-3-5-12(19)6-4-11/h3-7,15H,8-10H2,1-2H3/t15-,17+/m1/s1. The lowest BCUT2D eigenvalue weighted by Crippen LogP contribution is -2.40. The van der Waals surface area contributed by atoms with Crippen molar-refractivity contribution in [1.82, 2.24) is 0 Å². The summed E-state index contributed by atoms with van der Waals surface area (Å²) >= 11 is 3.27. The van der Waals surface area contributed by atoms with E-state index in [4.69, 9.17) is 14.2 Å². The minimum atomic E-state index is -0.789. The van der Waals surface area contributed by atoms with Gasteiger partial charge in [-0.3, -0.25) is 4.79 Å². The van der Waals surface area contributed by atoms with E-state index in [1.54, 1.807) is 18.2 Å². The number of rotatable bonds is 4. The lowest BCUT2D eigenvalue weighted by molar-refractivity contribution is -0.159. The average Bonchev–Trinajstić information content (AvgIpc) is 2.87. The zero-order valence-corrected chi connectivity index (χ0v) is 14.6. The second-order valence-corrected chi connectivity index (χ2v) is 7.15. The van der Waals surface area contributed by atoms with Crippen molar-refractivity contribution in [3.8, 4) is 0 Å². The Bertz CT molecular complexity index is 640. The van der Waals surface area contributed by atoms with E-state index in [2.05, 4.69) is 15.9 Å². The van der Waals surface area contributed by atoms with Gasteiger partial charge < -0.3 is 14.2 Å². The third-order valence-corrected chi connectivity index (χ3v) is 4.60. The second kappa shape index (κ2) is 6.09. The van der Waals surface area contributed by atoms with Gasteiger partial charge in [0.25, 0.3) is 0 Å². The fourth-order valence-electron chi connectivity index (χ4n) is 2.98. The predicted octanol–water partition coefficient (Wildman–Crippen LogP) is 3.48. The minimum absolute atomic E-state index is 0.00478. The molecule has 0 amide bonds. The molecule has 2 aliphatic rings. The highest BCUT2D eigenvalue weighted by Gasteiger charge is 2.55. The van der Waals surface area contributed by atoms with E-state index in [0.29, 0.717) is 11.1 Å². The summed E-state index contributed by atoms with van der Waals surface area (Å²) in [6.07, 6.45) is 1.63. The van der Waals surface area contributed by atoms with Crippen molar-refractivity contribution < 1.29 is 23.4 Å². The van der Waals surface area contributed by atoms with Crippen LogP contribution in [-0.2, 0) is 25.6 Å². The molecule has 2 atom stereocenters. The lowest BCUT2D eigenvalue weighted by Gasteiger charge is -2.25. The van der Waals surface area contributed by atoms with Crippen LogP contribution in [0.25, 0.3) is 0 Å². The molecule has 1 spiro atoms. The van der Waals surface area contributed by atoms with Crippen molar-refractivity contribution in [3.63, 3.8) is 0 Å². The summed E-state index contributed by atoms with van der Waals surface area (Å²) in [7, 11) is 0. The van der Waals surface area contributed by atoms with Gasteiger partial charge in [0.15, 0.2) is 11.6 Å². The van der Waals surface area contributed by atoms with Crippen LogP contribution in [0.2, 0.25) is 0 Å². The largest absolute Gasteiger partial charge is 0.374 e. The molecule has 1 fully saturated rings. The first-order valence-corrected chi connectivity index (χ1v) is 8.21. The molecular weight excluding hydrogens is 367 g/mol. The van der Waals surface area contributed by atoms with E-state index in [1.807, 2.05) is 13.8 Å². The fourth-order valence-corrected chi connectivity index (χ4v) is 3.51. The minimum Gasteiger partial charge on any atom is -0.374 e. The first kappa shape index (κ1) is 16.8. The number of ether oxygens (including phenoxy) is 3. The molecule has 0 saturated carbocycles. The van der Waals surface area contributed by atoms with Gasteiger partial charge in [-0.25, -0.2) is 4.39 Å².